The number of hydrogen-bond acceptors (Lipinski definition) is 7. The second-order valence-corrected chi connectivity index (χ2v) is 6.98. The molecular formula is C22H17F2N5O3. The van der Waals surface area contributed by atoms with Crippen LogP contribution in [-0.4, -0.2) is 25.3 Å². The zero-order valence-electron chi connectivity index (χ0n) is 16.9. The number of carbonyl (C=O) groups is 1. The first-order valence-electron chi connectivity index (χ1n) is 9.55. The van der Waals surface area contributed by atoms with E-state index in [0.717, 1.165) is 12.1 Å². The molecule has 0 spiro atoms. The SMILES string of the molecule is Cn1cc(-c2nc(C(=O)CCc3c(F)cccc3F)c(N)nc2-c2ncco2)ccc1=O. The van der Waals surface area contributed by atoms with Gasteiger partial charge in [0.25, 0.3) is 0 Å². The van der Waals surface area contributed by atoms with Crippen LogP contribution in [0.15, 0.2) is 58.2 Å². The largest absolute Gasteiger partial charge is 0.443 e. The van der Waals surface area contributed by atoms with Gasteiger partial charge >= 0.3 is 0 Å². The molecular weight excluding hydrogens is 420 g/mol. The van der Waals surface area contributed by atoms with Crippen molar-refractivity contribution >= 4 is 11.6 Å². The van der Waals surface area contributed by atoms with Gasteiger partial charge in [0.2, 0.25) is 11.4 Å². The van der Waals surface area contributed by atoms with E-state index in [9.17, 15) is 18.4 Å². The minimum absolute atomic E-state index is 0.125. The normalized spacial score (nSPS) is 11.0. The molecule has 2 N–H and O–H groups in total. The molecule has 4 aromatic rings. The number of anilines is 1. The third-order valence-corrected chi connectivity index (χ3v) is 4.84. The number of aryl methyl sites for hydroxylation is 1. The van der Waals surface area contributed by atoms with Crippen molar-refractivity contribution in [3.05, 3.63) is 82.2 Å². The van der Waals surface area contributed by atoms with Gasteiger partial charge in [-0.25, -0.2) is 23.7 Å². The van der Waals surface area contributed by atoms with E-state index in [1.54, 1.807) is 7.05 Å². The summed E-state index contributed by atoms with van der Waals surface area (Å²) < 4.78 is 34.5. The van der Waals surface area contributed by atoms with Crippen molar-refractivity contribution in [3.8, 4) is 22.8 Å². The van der Waals surface area contributed by atoms with Gasteiger partial charge in [0.15, 0.2) is 17.3 Å². The Bertz CT molecular complexity index is 1350. The Morgan fingerprint density at radius 2 is 1.88 bits per heavy atom. The van der Waals surface area contributed by atoms with Crippen molar-refractivity contribution < 1.29 is 18.0 Å². The van der Waals surface area contributed by atoms with Crippen molar-refractivity contribution in [3.63, 3.8) is 0 Å². The van der Waals surface area contributed by atoms with E-state index < -0.39 is 17.4 Å². The minimum atomic E-state index is -0.734. The number of ketones is 1. The maximum absolute atomic E-state index is 13.9. The maximum Gasteiger partial charge on any atom is 0.250 e. The van der Waals surface area contributed by atoms with Crippen LogP contribution < -0.4 is 11.3 Å². The minimum Gasteiger partial charge on any atom is -0.443 e. The molecule has 3 heterocycles. The van der Waals surface area contributed by atoms with Crippen LogP contribution in [-0.2, 0) is 13.5 Å². The molecule has 0 unspecified atom stereocenters. The lowest BCUT2D eigenvalue weighted by atomic mass is 10.0. The van der Waals surface area contributed by atoms with Gasteiger partial charge in [-0.05, 0) is 24.6 Å². The second-order valence-electron chi connectivity index (χ2n) is 6.98. The molecule has 3 aromatic heterocycles. The summed E-state index contributed by atoms with van der Waals surface area (Å²) in [7, 11) is 1.57. The highest BCUT2D eigenvalue weighted by Gasteiger charge is 2.23. The van der Waals surface area contributed by atoms with Crippen molar-refractivity contribution in [2.45, 2.75) is 12.8 Å². The summed E-state index contributed by atoms with van der Waals surface area (Å²) in [5.41, 5.74) is 6.29. The van der Waals surface area contributed by atoms with Crippen molar-refractivity contribution in [2.24, 2.45) is 7.05 Å². The number of benzene rings is 1. The number of rotatable bonds is 6. The zero-order valence-corrected chi connectivity index (χ0v) is 16.9. The fourth-order valence-electron chi connectivity index (χ4n) is 3.21. The molecule has 0 saturated heterocycles. The predicted molar refractivity (Wildman–Crippen MR) is 112 cm³/mol. The van der Waals surface area contributed by atoms with E-state index in [0.29, 0.717) is 5.56 Å². The summed E-state index contributed by atoms with van der Waals surface area (Å²) in [4.78, 5) is 37.3. The lowest BCUT2D eigenvalue weighted by Crippen LogP contribution is -2.15. The van der Waals surface area contributed by atoms with E-state index in [4.69, 9.17) is 10.2 Å². The standard InChI is InChI=1S/C22H17F2N5O3/c1-29-11-12(5-8-17(29)31)18-20(22-26-9-10-32-22)28-21(25)19(27-18)16(30)7-6-13-14(23)3-2-4-15(13)24/h2-5,8-11H,6-7H2,1H3,(H2,25,28). The van der Waals surface area contributed by atoms with Crippen LogP contribution in [0.4, 0.5) is 14.6 Å². The van der Waals surface area contributed by atoms with E-state index in [1.807, 2.05) is 0 Å². The van der Waals surface area contributed by atoms with Gasteiger partial charge in [-0.15, -0.1) is 0 Å². The van der Waals surface area contributed by atoms with Crippen molar-refractivity contribution in [1.82, 2.24) is 19.5 Å². The summed E-state index contributed by atoms with van der Waals surface area (Å²) in [6.07, 6.45) is 3.88. The average Bonchev–Trinajstić information content (AvgIpc) is 3.30. The molecule has 0 aliphatic rings. The second kappa shape index (κ2) is 8.50. The Balaban J connectivity index is 1.75. The Morgan fingerprint density at radius 3 is 2.53 bits per heavy atom. The molecule has 0 atom stereocenters. The van der Waals surface area contributed by atoms with E-state index >= 15 is 0 Å². The summed E-state index contributed by atoms with van der Waals surface area (Å²) in [6, 6.07) is 6.37. The van der Waals surface area contributed by atoms with Crippen LogP contribution in [0.25, 0.3) is 22.8 Å². The number of nitrogens with two attached hydrogens (primary N) is 1. The molecule has 162 valence electrons. The first kappa shape index (κ1) is 21.0. The number of hydrogen-bond donors (Lipinski definition) is 1. The van der Waals surface area contributed by atoms with E-state index in [-0.39, 0.29) is 52.8 Å². The van der Waals surface area contributed by atoms with Crippen LogP contribution in [0, 0.1) is 11.6 Å². The Hall–Kier alpha value is -4.21. The van der Waals surface area contributed by atoms with E-state index in [2.05, 4.69) is 15.0 Å². The van der Waals surface area contributed by atoms with E-state index in [1.165, 1.54) is 41.4 Å². The average molecular weight is 437 g/mol. The van der Waals surface area contributed by atoms with Crippen LogP contribution >= 0.6 is 0 Å². The van der Waals surface area contributed by atoms with Gasteiger partial charge in [0, 0.05) is 36.9 Å². The number of oxazole rings is 1. The molecule has 0 bridgehead atoms. The third kappa shape index (κ3) is 4.02. The summed E-state index contributed by atoms with van der Waals surface area (Å²) >= 11 is 0. The molecule has 8 nitrogen and oxygen atoms in total. The third-order valence-electron chi connectivity index (χ3n) is 4.84. The quantitative estimate of drug-likeness (QED) is 0.461. The Labute approximate surface area is 180 Å². The number of nitrogens with zero attached hydrogens (tertiary/aromatic N) is 4. The fourth-order valence-corrected chi connectivity index (χ4v) is 3.21. The smallest absolute Gasteiger partial charge is 0.250 e. The van der Waals surface area contributed by atoms with Gasteiger partial charge in [0.05, 0.1) is 6.20 Å². The van der Waals surface area contributed by atoms with Crippen LogP contribution in [0.1, 0.15) is 22.5 Å². The molecule has 0 saturated carbocycles. The van der Waals surface area contributed by atoms with Gasteiger partial charge < -0.3 is 14.7 Å². The van der Waals surface area contributed by atoms with Gasteiger partial charge in [-0.2, -0.15) is 0 Å². The molecule has 0 fully saturated rings. The summed E-state index contributed by atoms with van der Waals surface area (Å²) in [5, 5.41) is 0. The molecule has 0 radical (unpaired) electrons. The number of halogens is 2. The summed E-state index contributed by atoms with van der Waals surface area (Å²) in [6.45, 7) is 0. The predicted octanol–water partition coefficient (Wildman–Crippen LogP) is 3.17. The van der Waals surface area contributed by atoms with Crippen LogP contribution in [0.2, 0.25) is 0 Å². The van der Waals surface area contributed by atoms with Gasteiger partial charge in [-0.3, -0.25) is 9.59 Å². The number of pyridine rings is 1. The lowest BCUT2D eigenvalue weighted by Gasteiger charge is -2.11. The van der Waals surface area contributed by atoms with Crippen LogP contribution in [0.5, 0.6) is 0 Å². The highest BCUT2D eigenvalue weighted by molar-refractivity contribution is 5.99. The maximum atomic E-state index is 13.9. The molecule has 1 aromatic carbocycles. The first-order chi connectivity index (χ1) is 15.3. The first-order valence-corrected chi connectivity index (χ1v) is 9.55. The van der Waals surface area contributed by atoms with Crippen LogP contribution in [0.3, 0.4) is 0 Å². The zero-order chi connectivity index (χ0) is 22.8. The lowest BCUT2D eigenvalue weighted by molar-refractivity contribution is 0.0978. The van der Waals surface area contributed by atoms with Crippen molar-refractivity contribution in [2.75, 3.05) is 5.73 Å². The van der Waals surface area contributed by atoms with Crippen molar-refractivity contribution in [1.29, 1.82) is 0 Å². The summed E-state index contributed by atoms with van der Waals surface area (Å²) in [5.74, 6) is -2.06. The fraction of sp³-hybridized carbons (Fsp3) is 0.136. The van der Waals surface area contributed by atoms with Gasteiger partial charge in [-0.1, -0.05) is 6.07 Å². The number of carbonyl (C=O) groups excluding carboxylic acids is 1. The highest BCUT2D eigenvalue weighted by Crippen LogP contribution is 2.30. The number of Topliss-reactive ketones (excluding diaryl/α,β-unsaturated/α-hetero) is 1. The number of aromatic nitrogens is 4. The molecule has 0 amide bonds. The molecule has 0 aliphatic heterocycles. The molecule has 10 heteroatoms. The van der Waals surface area contributed by atoms with Gasteiger partial charge in [0.1, 0.15) is 29.3 Å². The topological polar surface area (TPSA) is 117 Å². The number of nitrogen functional groups attached to an aromatic ring is 1. The molecule has 4 rings (SSSR count). The monoisotopic (exact) mass is 437 g/mol. The molecule has 0 aliphatic carbocycles. The molecule has 32 heavy (non-hydrogen) atoms. The Kier molecular flexibility index (Phi) is 5.59. The Morgan fingerprint density at radius 1 is 1.12 bits per heavy atom. The highest BCUT2D eigenvalue weighted by atomic mass is 19.1.